The van der Waals surface area contributed by atoms with Crippen molar-refractivity contribution in [2.24, 2.45) is 0 Å². The first kappa shape index (κ1) is 13.1. The van der Waals surface area contributed by atoms with Gasteiger partial charge in [-0.1, -0.05) is 18.2 Å². The molecule has 0 aliphatic carbocycles. The lowest BCUT2D eigenvalue weighted by molar-refractivity contribution is -0.0757. The van der Waals surface area contributed by atoms with Gasteiger partial charge in [0, 0.05) is 12.6 Å². The zero-order chi connectivity index (χ0) is 13.7. The molecule has 1 amide bonds. The Morgan fingerprint density at radius 3 is 2.11 bits per heavy atom. The molecular formula is C15H15NO3. The molecule has 4 heteroatoms. The Morgan fingerprint density at radius 1 is 0.947 bits per heavy atom. The SMILES string of the molecule is CON(C)C(=O)c1ccc(Oc2ccccc2)cc1. The van der Waals surface area contributed by atoms with E-state index in [-0.39, 0.29) is 5.91 Å². The minimum Gasteiger partial charge on any atom is -0.457 e. The molecule has 19 heavy (non-hydrogen) atoms. The Kier molecular flexibility index (Phi) is 4.15. The van der Waals surface area contributed by atoms with E-state index in [4.69, 9.17) is 9.57 Å². The number of ether oxygens (including phenoxy) is 1. The van der Waals surface area contributed by atoms with E-state index in [0.717, 1.165) is 5.75 Å². The van der Waals surface area contributed by atoms with Gasteiger partial charge in [0.15, 0.2) is 0 Å². The maximum Gasteiger partial charge on any atom is 0.277 e. The third-order valence-electron chi connectivity index (χ3n) is 2.64. The molecule has 0 aromatic heterocycles. The van der Waals surface area contributed by atoms with Crippen LogP contribution in [0, 0.1) is 0 Å². The molecule has 0 N–H and O–H groups in total. The Hall–Kier alpha value is -2.33. The fourth-order valence-corrected chi connectivity index (χ4v) is 1.55. The average molecular weight is 257 g/mol. The van der Waals surface area contributed by atoms with E-state index in [1.807, 2.05) is 30.3 Å². The molecule has 2 aromatic carbocycles. The number of rotatable bonds is 4. The molecule has 2 rings (SSSR count). The van der Waals surface area contributed by atoms with E-state index < -0.39 is 0 Å². The third-order valence-corrected chi connectivity index (χ3v) is 2.64. The maximum absolute atomic E-state index is 11.8. The van der Waals surface area contributed by atoms with Crippen LogP contribution in [0.1, 0.15) is 10.4 Å². The Bertz CT molecular complexity index is 537. The smallest absolute Gasteiger partial charge is 0.277 e. The summed E-state index contributed by atoms with van der Waals surface area (Å²) in [4.78, 5) is 16.7. The van der Waals surface area contributed by atoms with E-state index in [1.165, 1.54) is 12.2 Å². The van der Waals surface area contributed by atoms with Crippen LogP contribution in [0.2, 0.25) is 0 Å². The van der Waals surface area contributed by atoms with Crippen LogP contribution in [0.25, 0.3) is 0 Å². The van der Waals surface area contributed by atoms with Gasteiger partial charge >= 0.3 is 0 Å². The summed E-state index contributed by atoms with van der Waals surface area (Å²) in [6.45, 7) is 0. The summed E-state index contributed by atoms with van der Waals surface area (Å²) in [6.07, 6.45) is 0. The van der Waals surface area contributed by atoms with Crippen LogP contribution in [-0.4, -0.2) is 25.1 Å². The highest BCUT2D eigenvalue weighted by Crippen LogP contribution is 2.21. The van der Waals surface area contributed by atoms with E-state index in [9.17, 15) is 4.79 Å². The molecule has 0 radical (unpaired) electrons. The molecule has 2 aromatic rings. The Balaban J connectivity index is 2.09. The van der Waals surface area contributed by atoms with Gasteiger partial charge in [-0.2, -0.15) is 0 Å². The van der Waals surface area contributed by atoms with Crippen LogP contribution < -0.4 is 4.74 Å². The van der Waals surface area contributed by atoms with Crippen molar-refractivity contribution in [2.45, 2.75) is 0 Å². The number of para-hydroxylation sites is 1. The molecule has 0 aliphatic heterocycles. The second kappa shape index (κ2) is 6.02. The monoisotopic (exact) mass is 257 g/mol. The minimum atomic E-state index is -0.200. The highest BCUT2D eigenvalue weighted by atomic mass is 16.7. The number of carbonyl (C=O) groups is 1. The predicted molar refractivity (Wildman–Crippen MR) is 72.1 cm³/mol. The number of nitrogens with zero attached hydrogens (tertiary/aromatic N) is 1. The van der Waals surface area contributed by atoms with Crippen molar-refractivity contribution in [3.05, 3.63) is 60.2 Å². The maximum atomic E-state index is 11.8. The van der Waals surface area contributed by atoms with Crippen molar-refractivity contribution in [3.63, 3.8) is 0 Å². The highest BCUT2D eigenvalue weighted by molar-refractivity contribution is 5.93. The summed E-state index contributed by atoms with van der Waals surface area (Å²) in [6, 6.07) is 16.4. The van der Waals surface area contributed by atoms with Gasteiger partial charge in [-0.3, -0.25) is 9.63 Å². The lowest BCUT2D eigenvalue weighted by atomic mass is 10.2. The molecule has 0 atom stereocenters. The molecule has 0 spiro atoms. The number of benzene rings is 2. The van der Waals surface area contributed by atoms with E-state index in [1.54, 1.807) is 31.3 Å². The van der Waals surface area contributed by atoms with Crippen molar-refractivity contribution in [1.82, 2.24) is 5.06 Å². The minimum absolute atomic E-state index is 0.200. The second-order valence-electron chi connectivity index (χ2n) is 3.92. The quantitative estimate of drug-likeness (QED) is 0.790. The Labute approximate surface area is 112 Å². The van der Waals surface area contributed by atoms with Crippen LogP contribution in [0.3, 0.4) is 0 Å². The molecule has 0 unspecified atom stereocenters. The number of carbonyl (C=O) groups excluding carboxylic acids is 1. The standard InChI is InChI=1S/C15H15NO3/c1-16(18-2)15(17)12-8-10-14(11-9-12)19-13-6-4-3-5-7-13/h3-11H,1-2H3. The number of hydrogen-bond donors (Lipinski definition) is 0. The number of hydrogen-bond acceptors (Lipinski definition) is 3. The largest absolute Gasteiger partial charge is 0.457 e. The van der Waals surface area contributed by atoms with Gasteiger partial charge in [0.05, 0.1) is 7.11 Å². The molecule has 0 saturated carbocycles. The van der Waals surface area contributed by atoms with Crippen molar-refractivity contribution < 1.29 is 14.4 Å². The zero-order valence-corrected chi connectivity index (χ0v) is 10.9. The molecule has 98 valence electrons. The van der Waals surface area contributed by atoms with Crippen LogP contribution in [0.4, 0.5) is 0 Å². The lowest BCUT2D eigenvalue weighted by Crippen LogP contribution is -2.25. The fourth-order valence-electron chi connectivity index (χ4n) is 1.55. The summed E-state index contributed by atoms with van der Waals surface area (Å²) in [5.41, 5.74) is 0.546. The van der Waals surface area contributed by atoms with Crippen LogP contribution in [0.15, 0.2) is 54.6 Å². The average Bonchev–Trinajstić information content (AvgIpc) is 2.47. The molecular weight excluding hydrogens is 242 g/mol. The molecule has 4 nitrogen and oxygen atoms in total. The fraction of sp³-hybridized carbons (Fsp3) is 0.133. The summed E-state index contributed by atoms with van der Waals surface area (Å²) in [5.74, 6) is 1.24. The zero-order valence-electron chi connectivity index (χ0n) is 10.9. The first-order chi connectivity index (χ1) is 9.20. The number of hydroxylamine groups is 2. The normalized spacial score (nSPS) is 10.0. The van der Waals surface area contributed by atoms with Crippen molar-refractivity contribution in [2.75, 3.05) is 14.2 Å². The summed E-state index contributed by atoms with van der Waals surface area (Å²) >= 11 is 0. The van der Waals surface area contributed by atoms with Crippen molar-refractivity contribution in [3.8, 4) is 11.5 Å². The molecule has 0 fully saturated rings. The van der Waals surface area contributed by atoms with Crippen molar-refractivity contribution in [1.29, 1.82) is 0 Å². The van der Waals surface area contributed by atoms with Crippen LogP contribution in [0.5, 0.6) is 11.5 Å². The first-order valence-corrected chi connectivity index (χ1v) is 5.86. The summed E-state index contributed by atoms with van der Waals surface area (Å²) < 4.78 is 5.64. The molecule has 0 aliphatic rings. The molecule has 0 bridgehead atoms. The topological polar surface area (TPSA) is 38.8 Å². The lowest BCUT2D eigenvalue weighted by Gasteiger charge is -2.13. The Morgan fingerprint density at radius 2 is 1.53 bits per heavy atom. The second-order valence-corrected chi connectivity index (χ2v) is 3.92. The van der Waals surface area contributed by atoms with Crippen LogP contribution in [-0.2, 0) is 4.84 Å². The molecule has 0 saturated heterocycles. The van der Waals surface area contributed by atoms with Crippen LogP contribution >= 0.6 is 0 Å². The van der Waals surface area contributed by atoms with Gasteiger partial charge < -0.3 is 4.74 Å². The van der Waals surface area contributed by atoms with Gasteiger partial charge in [-0.05, 0) is 36.4 Å². The summed E-state index contributed by atoms with van der Waals surface area (Å²) in [7, 11) is 3.02. The van der Waals surface area contributed by atoms with E-state index in [0.29, 0.717) is 11.3 Å². The van der Waals surface area contributed by atoms with Gasteiger partial charge in [-0.25, -0.2) is 5.06 Å². The highest BCUT2D eigenvalue weighted by Gasteiger charge is 2.10. The first-order valence-electron chi connectivity index (χ1n) is 5.86. The predicted octanol–water partition coefficient (Wildman–Crippen LogP) is 3.11. The van der Waals surface area contributed by atoms with E-state index in [2.05, 4.69) is 0 Å². The van der Waals surface area contributed by atoms with Crippen molar-refractivity contribution >= 4 is 5.91 Å². The third kappa shape index (κ3) is 3.33. The van der Waals surface area contributed by atoms with Gasteiger partial charge in [0.1, 0.15) is 11.5 Å². The van der Waals surface area contributed by atoms with Gasteiger partial charge in [-0.15, -0.1) is 0 Å². The summed E-state index contributed by atoms with van der Waals surface area (Å²) in [5, 5.41) is 1.17. The number of amides is 1. The molecule has 0 heterocycles. The van der Waals surface area contributed by atoms with Gasteiger partial charge in [0.25, 0.3) is 5.91 Å². The van der Waals surface area contributed by atoms with Gasteiger partial charge in [0.2, 0.25) is 0 Å². The van der Waals surface area contributed by atoms with E-state index >= 15 is 0 Å².